The van der Waals surface area contributed by atoms with Crippen LogP contribution in [0.3, 0.4) is 0 Å². The van der Waals surface area contributed by atoms with E-state index < -0.39 is 35.8 Å². The number of carbonyl (C=O) groups is 1. The molecule has 0 aliphatic heterocycles. The van der Waals surface area contributed by atoms with Gasteiger partial charge in [0.25, 0.3) is 11.5 Å². The van der Waals surface area contributed by atoms with Gasteiger partial charge in [-0.3, -0.25) is 19.1 Å². The summed E-state index contributed by atoms with van der Waals surface area (Å²) in [5.41, 5.74) is 5.04. The van der Waals surface area contributed by atoms with Crippen molar-refractivity contribution in [2.24, 2.45) is 5.73 Å². The van der Waals surface area contributed by atoms with Gasteiger partial charge in [0, 0.05) is 18.1 Å². The zero-order chi connectivity index (χ0) is 25.0. The third-order valence-corrected chi connectivity index (χ3v) is 5.42. The number of aromatic nitrogens is 4. The first-order valence-electron chi connectivity index (χ1n) is 9.87. The summed E-state index contributed by atoms with van der Waals surface area (Å²) < 4.78 is 33.6. The lowest BCUT2D eigenvalue weighted by Crippen LogP contribution is -2.27. The van der Waals surface area contributed by atoms with Gasteiger partial charge in [0.15, 0.2) is 0 Å². The third kappa shape index (κ3) is 5.79. The molecular formula is C21H20BrF2N5O5. The van der Waals surface area contributed by atoms with Crippen LogP contribution in [0.25, 0.3) is 0 Å². The molecule has 34 heavy (non-hydrogen) atoms. The fourth-order valence-corrected chi connectivity index (χ4v) is 3.44. The molecule has 2 heterocycles. The lowest BCUT2D eigenvalue weighted by Gasteiger charge is -2.15. The molecule has 3 aromatic rings. The fraction of sp³-hybridized carbons (Fsp3) is 0.286. The molecule has 0 aliphatic carbocycles. The molecule has 3 rings (SSSR count). The van der Waals surface area contributed by atoms with Crippen molar-refractivity contribution < 1.29 is 28.5 Å². The van der Waals surface area contributed by atoms with Crippen molar-refractivity contribution in [3.63, 3.8) is 0 Å². The Kier molecular flexibility index (Phi) is 8.02. The highest BCUT2D eigenvalue weighted by molar-refractivity contribution is 9.10. The second-order valence-electron chi connectivity index (χ2n) is 7.26. The maximum absolute atomic E-state index is 13.8. The number of aliphatic hydroxyl groups is 2. The van der Waals surface area contributed by atoms with E-state index in [0.717, 1.165) is 12.1 Å². The Balaban J connectivity index is 1.87. The van der Waals surface area contributed by atoms with Crippen LogP contribution < -0.4 is 16.0 Å². The zero-order valence-corrected chi connectivity index (χ0v) is 19.4. The summed E-state index contributed by atoms with van der Waals surface area (Å²) in [4.78, 5) is 37.0. The van der Waals surface area contributed by atoms with Gasteiger partial charge in [0.2, 0.25) is 5.88 Å². The van der Waals surface area contributed by atoms with Crippen molar-refractivity contribution in [2.45, 2.75) is 32.6 Å². The summed E-state index contributed by atoms with van der Waals surface area (Å²) in [5.74, 6) is -2.21. The first-order chi connectivity index (χ1) is 16.1. The number of amides is 1. The third-order valence-electron chi connectivity index (χ3n) is 4.74. The van der Waals surface area contributed by atoms with E-state index in [9.17, 15) is 23.5 Å². The van der Waals surface area contributed by atoms with E-state index in [1.165, 1.54) is 16.8 Å². The normalized spacial score (nSPS) is 11.9. The van der Waals surface area contributed by atoms with E-state index in [-0.39, 0.29) is 58.4 Å². The number of aliphatic hydroxyl groups excluding tert-OH is 2. The topological polar surface area (TPSA) is 153 Å². The molecule has 0 bridgehead atoms. The number of ether oxygens (including phenoxy) is 1. The smallest absolute Gasteiger partial charge is 0.272 e. The monoisotopic (exact) mass is 539 g/mol. The van der Waals surface area contributed by atoms with Crippen LogP contribution in [0.4, 0.5) is 8.78 Å². The number of primary amides is 1. The zero-order valence-electron chi connectivity index (χ0n) is 17.8. The van der Waals surface area contributed by atoms with E-state index in [1.54, 1.807) is 6.92 Å². The van der Waals surface area contributed by atoms with E-state index in [1.807, 2.05) is 0 Å². The second-order valence-corrected chi connectivity index (χ2v) is 8.05. The highest BCUT2D eigenvalue weighted by Gasteiger charge is 2.19. The van der Waals surface area contributed by atoms with Gasteiger partial charge in [0.1, 0.15) is 34.2 Å². The fourth-order valence-electron chi connectivity index (χ4n) is 3.02. The van der Waals surface area contributed by atoms with Crippen LogP contribution in [0.5, 0.6) is 5.88 Å². The molecular weight excluding hydrogens is 520 g/mol. The molecule has 1 aromatic carbocycles. The van der Waals surface area contributed by atoms with E-state index in [0.29, 0.717) is 0 Å². The Morgan fingerprint density at radius 3 is 2.71 bits per heavy atom. The molecule has 4 N–H and O–H groups in total. The molecule has 0 saturated carbocycles. The van der Waals surface area contributed by atoms with Crippen molar-refractivity contribution in [3.8, 4) is 5.88 Å². The molecule has 0 radical (unpaired) electrons. The van der Waals surface area contributed by atoms with Crippen molar-refractivity contribution >= 4 is 21.8 Å². The number of nitrogens with zero attached hydrogens (tertiary/aromatic N) is 4. The molecule has 1 amide bonds. The maximum atomic E-state index is 13.8. The minimum Gasteiger partial charge on any atom is -0.472 e. The van der Waals surface area contributed by atoms with Crippen LogP contribution >= 0.6 is 15.9 Å². The molecule has 0 fully saturated rings. The summed E-state index contributed by atoms with van der Waals surface area (Å²) in [6.45, 7) is 0.623. The number of aryl methyl sites for hydroxylation is 1. The number of halogens is 3. The Labute approximate surface area is 200 Å². The van der Waals surface area contributed by atoms with Gasteiger partial charge in [0.05, 0.1) is 36.8 Å². The van der Waals surface area contributed by atoms with Gasteiger partial charge in [-0.15, -0.1) is 0 Å². The van der Waals surface area contributed by atoms with E-state index in [4.69, 9.17) is 15.6 Å². The number of nitrogens with two attached hydrogens (primary N) is 1. The van der Waals surface area contributed by atoms with Crippen LogP contribution in [0.1, 0.15) is 33.3 Å². The Bertz CT molecular complexity index is 1290. The van der Waals surface area contributed by atoms with Gasteiger partial charge in [-0.2, -0.15) is 4.98 Å². The van der Waals surface area contributed by atoms with Gasteiger partial charge in [-0.1, -0.05) is 0 Å². The van der Waals surface area contributed by atoms with Crippen molar-refractivity contribution in [1.82, 2.24) is 19.5 Å². The maximum Gasteiger partial charge on any atom is 0.272 e. The van der Waals surface area contributed by atoms with Crippen LogP contribution in [-0.4, -0.2) is 48.4 Å². The highest BCUT2D eigenvalue weighted by Crippen LogP contribution is 2.21. The minimum absolute atomic E-state index is 0.0294. The van der Waals surface area contributed by atoms with Crippen LogP contribution in [0.15, 0.2) is 33.7 Å². The average Bonchev–Trinajstić information content (AvgIpc) is 2.79. The molecule has 2 aromatic heterocycles. The summed E-state index contributed by atoms with van der Waals surface area (Å²) in [5, 5.41) is 18.8. The summed E-state index contributed by atoms with van der Waals surface area (Å²) >= 11 is 3.14. The van der Waals surface area contributed by atoms with E-state index >= 15 is 0 Å². The molecule has 1 unspecified atom stereocenters. The molecule has 1 atom stereocenters. The molecule has 13 heteroatoms. The Morgan fingerprint density at radius 2 is 2.06 bits per heavy atom. The van der Waals surface area contributed by atoms with Crippen molar-refractivity contribution in [3.05, 3.63) is 79.3 Å². The minimum atomic E-state index is -1.18. The number of benzene rings is 1. The number of rotatable bonds is 9. The van der Waals surface area contributed by atoms with Crippen molar-refractivity contribution in [1.29, 1.82) is 0 Å². The summed E-state index contributed by atoms with van der Waals surface area (Å²) in [7, 11) is 0. The van der Waals surface area contributed by atoms with Crippen LogP contribution in [-0.2, 0) is 19.6 Å². The lowest BCUT2D eigenvalue weighted by atomic mass is 10.1. The van der Waals surface area contributed by atoms with Crippen LogP contribution in [0, 0.1) is 18.6 Å². The Hall–Kier alpha value is -3.29. The van der Waals surface area contributed by atoms with E-state index in [2.05, 4.69) is 30.9 Å². The number of hydrogen-bond donors (Lipinski definition) is 3. The molecule has 10 nitrogen and oxygen atoms in total. The van der Waals surface area contributed by atoms with Crippen LogP contribution in [0.2, 0.25) is 0 Å². The first kappa shape index (κ1) is 25.3. The largest absolute Gasteiger partial charge is 0.472 e. The molecule has 0 spiro atoms. The Morgan fingerprint density at radius 1 is 1.32 bits per heavy atom. The predicted octanol–water partition coefficient (Wildman–Crippen LogP) is 1.00. The number of carbonyl (C=O) groups excluding carboxylic acids is 1. The summed E-state index contributed by atoms with van der Waals surface area (Å²) in [6.07, 6.45) is -0.0838. The molecule has 180 valence electrons. The van der Waals surface area contributed by atoms with Gasteiger partial charge in [-0.05, 0) is 35.0 Å². The second kappa shape index (κ2) is 10.8. The SMILES string of the molecule is Cc1nc(OCc2ccc(F)cc2F)c(Br)c(=O)n1Cc1cnc(C(N)=O)c(CC(O)CO)n1. The van der Waals surface area contributed by atoms with Gasteiger partial charge < -0.3 is 20.7 Å². The van der Waals surface area contributed by atoms with Gasteiger partial charge >= 0.3 is 0 Å². The standard InChI is InChI=1S/C21H20BrF2N5O5/c1-10-27-20(34-9-11-2-3-12(23)4-15(11)24)17(22)21(33)29(10)7-13-6-26-18(19(25)32)16(28-13)5-14(31)8-30/h2-4,6,14,30-31H,5,7-9H2,1H3,(H2,25,32). The van der Waals surface area contributed by atoms with Gasteiger partial charge in [-0.25, -0.2) is 13.8 Å². The molecule has 0 aliphatic rings. The lowest BCUT2D eigenvalue weighted by molar-refractivity contribution is 0.0928. The highest BCUT2D eigenvalue weighted by atomic mass is 79.9. The first-order valence-corrected chi connectivity index (χ1v) is 10.7. The summed E-state index contributed by atoms with van der Waals surface area (Å²) in [6, 6.07) is 3.04. The quantitative estimate of drug-likeness (QED) is 0.364. The average molecular weight is 540 g/mol. The van der Waals surface area contributed by atoms with Crippen molar-refractivity contribution in [2.75, 3.05) is 6.61 Å². The molecule has 0 saturated heterocycles. The predicted molar refractivity (Wildman–Crippen MR) is 118 cm³/mol. The number of hydrogen-bond acceptors (Lipinski definition) is 8.